The first-order valence-electron chi connectivity index (χ1n) is 10.2. The first kappa shape index (κ1) is 22.0. The van der Waals surface area contributed by atoms with Gasteiger partial charge in [0.2, 0.25) is 5.91 Å². The lowest BCUT2D eigenvalue weighted by Crippen LogP contribution is -2.40. The Labute approximate surface area is 183 Å². The Morgan fingerprint density at radius 2 is 2.03 bits per heavy atom. The smallest absolute Gasteiger partial charge is 0.222 e. The first-order valence-corrected chi connectivity index (χ1v) is 10.6. The lowest BCUT2D eigenvalue weighted by atomic mass is 10.1. The summed E-state index contributed by atoms with van der Waals surface area (Å²) in [5, 5.41) is 4.05. The predicted molar refractivity (Wildman–Crippen MR) is 121 cm³/mol. The number of carbonyl (C=O) groups is 1. The second-order valence-electron chi connectivity index (χ2n) is 7.37. The molecule has 30 heavy (non-hydrogen) atoms. The maximum absolute atomic E-state index is 11.9. The van der Waals surface area contributed by atoms with Crippen molar-refractivity contribution in [1.82, 2.24) is 15.1 Å². The number of hydrogen-bond acceptors (Lipinski definition) is 3. The topological polar surface area (TPSA) is 57.2 Å². The van der Waals surface area contributed by atoms with Crippen LogP contribution in [0.15, 0.2) is 53.5 Å². The van der Waals surface area contributed by atoms with Crippen LogP contribution < -0.4 is 10.1 Å². The van der Waals surface area contributed by atoms with Crippen LogP contribution in [0.2, 0.25) is 5.02 Å². The number of hydrogen-bond donors (Lipinski definition) is 1. The van der Waals surface area contributed by atoms with Gasteiger partial charge < -0.3 is 19.9 Å². The van der Waals surface area contributed by atoms with Gasteiger partial charge in [-0.25, -0.2) is 0 Å². The fourth-order valence-electron chi connectivity index (χ4n) is 3.46. The quantitative estimate of drug-likeness (QED) is 0.516. The molecular weight excluding hydrogens is 400 g/mol. The van der Waals surface area contributed by atoms with Crippen molar-refractivity contribution in [2.24, 2.45) is 4.99 Å². The second kappa shape index (κ2) is 10.9. The van der Waals surface area contributed by atoms with E-state index in [1.807, 2.05) is 41.1 Å². The molecule has 3 rings (SSSR count). The lowest BCUT2D eigenvalue weighted by molar-refractivity contribution is -0.128. The predicted octanol–water partition coefficient (Wildman–Crippen LogP) is 3.55. The number of nitrogens with one attached hydrogen (secondary N) is 1. The van der Waals surface area contributed by atoms with E-state index in [1.54, 1.807) is 13.1 Å². The highest BCUT2D eigenvalue weighted by molar-refractivity contribution is 6.30. The molecule has 0 aromatic heterocycles. The molecule has 0 unspecified atom stereocenters. The largest absolute Gasteiger partial charge is 0.492 e. The van der Waals surface area contributed by atoms with Crippen LogP contribution in [0.25, 0.3) is 0 Å². The molecule has 0 saturated carbocycles. The van der Waals surface area contributed by atoms with Crippen molar-refractivity contribution in [3.63, 3.8) is 0 Å². The number of halogens is 1. The molecule has 0 bridgehead atoms. The molecule has 1 aliphatic heterocycles. The minimum Gasteiger partial charge on any atom is -0.492 e. The van der Waals surface area contributed by atoms with Gasteiger partial charge in [0.1, 0.15) is 12.4 Å². The molecule has 1 amide bonds. The van der Waals surface area contributed by atoms with Gasteiger partial charge in [0, 0.05) is 45.2 Å². The van der Waals surface area contributed by atoms with Crippen LogP contribution in [0, 0.1) is 0 Å². The minimum atomic E-state index is 0.251. The highest BCUT2D eigenvalue weighted by Crippen LogP contribution is 2.17. The lowest BCUT2D eigenvalue weighted by Gasteiger charge is -2.22. The van der Waals surface area contributed by atoms with Gasteiger partial charge in [0.05, 0.1) is 6.54 Å². The molecule has 1 aliphatic rings. The number of aliphatic imine (C=N–C) groups is 1. The molecule has 2 aromatic carbocycles. The van der Waals surface area contributed by atoms with E-state index in [4.69, 9.17) is 16.3 Å². The molecule has 2 aromatic rings. The third-order valence-electron chi connectivity index (χ3n) is 5.05. The number of likely N-dealkylation sites (tertiary alicyclic amines) is 1. The summed E-state index contributed by atoms with van der Waals surface area (Å²) in [5.41, 5.74) is 2.31. The van der Waals surface area contributed by atoms with Crippen molar-refractivity contribution in [3.8, 4) is 5.75 Å². The van der Waals surface area contributed by atoms with E-state index in [0.29, 0.717) is 37.7 Å². The Balaban J connectivity index is 1.47. The van der Waals surface area contributed by atoms with Crippen LogP contribution >= 0.6 is 11.6 Å². The highest BCUT2D eigenvalue weighted by atomic mass is 35.5. The van der Waals surface area contributed by atoms with Crippen LogP contribution in [-0.2, 0) is 17.9 Å². The van der Waals surface area contributed by atoms with E-state index in [-0.39, 0.29) is 5.91 Å². The number of nitrogens with zero attached hydrogens (tertiary/aromatic N) is 3. The van der Waals surface area contributed by atoms with Crippen molar-refractivity contribution in [2.75, 3.05) is 33.8 Å². The zero-order valence-corrected chi connectivity index (χ0v) is 18.4. The second-order valence-corrected chi connectivity index (χ2v) is 7.80. The Hall–Kier alpha value is -2.73. The fraction of sp³-hybridized carbons (Fsp3) is 0.391. The SMILES string of the molecule is CN=C(NCc1cccc(CN2CCCC2=O)c1)N(C)CCOc1cccc(Cl)c1. The Morgan fingerprint density at radius 1 is 1.23 bits per heavy atom. The molecule has 0 atom stereocenters. The van der Waals surface area contributed by atoms with E-state index in [2.05, 4.69) is 28.5 Å². The molecule has 0 spiro atoms. The molecule has 0 aliphatic carbocycles. The number of guanidine groups is 1. The number of likely N-dealkylation sites (N-methyl/N-ethyl adjacent to an activating group) is 1. The normalized spacial score (nSPS) is 14.2. The zero-order valence-electron chi connectivity index (χ0n) is 17.6. The van der Waals surface area contributed by atoms with Crippen molar-refractivity contribution in [1.29, 1.82) is 0 Å². The van der Waals surface area contributed by atoms with Crippen molar-refractivity contribution < 1.29 is 9.53 Å². The third-order valence-corrected chi connectivity index (χ3v) is 5.29. The zero-order chi connectivity index (χ0) is 21.3. The van der Waals surface area contributed by atoms with Gasteiger partial charge in [-0.05, 0) is 35.7 Å². The maximum atomic E-state index is 11.9. The number of rotatable bonds is 8. The molecule has 0 radical (unpaired) electrons. The fourth-order valence-corrected chi connectivity index (χ4v) is 3.64. The number of carbonyl (C=O) groups excluding carboxylic acids is 1. The molecule has 1 heterocycles. The molecule has 1 saturated heterocycles. The van der Waals surface area contributed by atoms with E-state index < -0.39 is 0 Å². The summed E-state index contributed by atoms with van der Waals surface area (Å²) < 4.78 is 5.76. The van der Waals surface area contributed by atoms with Gasteiger partial charge in [0.25, 0.3) is 0 Å². The summed E-state index contributed by atoms with van der Waals surface area (Å²) in [5.74, 6) is 1.80. The van der Waals surface area contributed by atoms with Gasteiger partial charge in [-0.3, -0.25) is 9.79 Å². The van der Waals surface area contributed by atoms with Crippen molar-refractivity contribution in [2.45, 2.75) is 25.9 Å². The van der Waals surface area contributed by atoms with Gasteiger partial charge in [-0.2, -0.15) is 0 Å². The Kier molecular flexibility index (Phi) is 7.97. The summed E-state index contributed by atoms with van der Waals surface area (Å²) in [6.45, 7) is 3.41. The van der Waals surface area contributed by atoms with Gasteiger partial charge in [0.15, 0.2) is 5.96 Å². The summed E-state index contributed by atoms with van der Waals surface area (Å²) in [7, 11) is 3.75. The third kappa shape index (κ3) is 6.39. The number of ether oxygens (including phenoxy) is 1. The van der Waals surface area contributed by atoms with E-state index in [9.17, 15) is 4.79 Å². The molecule has 160 valence electrons. The summed E-state index contributed by atoms with van der Waals surface area (Å²) >= 11 is 5.99. The average molecular weight is 429 g/mol. The molecular formula is C23H29ClN4O2. The van der Waals surface area contributed by atoms with Gasteiger partial charge in [-0.15, -0.1) is 0 Å². The van der Waals surface area contributed by atoms with Gasteiger partial charge >= 0.3 is 0 Å². The van der Waals surface area contributed by atoms with Crippen molar-refractivity contribution in [3.05, 3.63) is 64.7 Å². The van der Waals surface area contributed by atoms with E-state index >= 15 is 0 Å². The standard InChI is InChI=1S/C23H29ClN4O2/c1-25-23(27(2)12-13-30-21-9-4-8-20(24)15-21)26-16-18-6-3-7-19(14-18)17-28-11-5-10-22(28)29/h3-4,6-9,14-15H,5,10-13,16-17H2,1-2H3,(H,25,26). The van der Waals surface area contributed by atoms with Crippen molar-refractivity contribution >= 4 is 23.5 Å². The molecule has 6 nitrogen and oxygen atoms in total. The highest BCUT2D eigenvalue weighted by Gasteiger charge is 2.19. The first-order chi connectivity index (χ1) is 14.5. The van der Waals surface area contributed by atoms with Crippen LogP contribution in [0.4, 0.5) is 0 Å². The summed E-state index contributed by atoms with van der Waals surface area (Å²) in [4.78, 5) is 20.2. The Morgan fingerprint density at radius 3 is 2.77 bits per heavy atom. The van der Waals surface area contributed by atoms with Crippen LogP contribution in [0.5, 0.6) is 5.75 Å². The van der Waals surface area contributed by atoms with E-state index in [0.717, 1.165) is 35.8 Å². The molecule has 7 heteroatoms. The van der Waals surface area contributed by atoms with Gasteiger partial charge in [-0.1, -0.05) is 41.9 Å². The van der Waals surface area contributed by atoms with Crippen LogP contribution in [-0.4, -0.2) is 55.5 Å². The number of amides is 1. The molecule has 1 fully saturated rings. The number of benzene rings is 2. The Bertz CT molecular complexity index is 887. The monoisotopic (exact) mass is 428 g/mol. The average Bonchev–Trinajstić information content (AvgIpc) is 3.13. The van der Waals surface area contributed by atoms with E-state index in [1.165, 1.54) is 0 Å². The minimum absolute atomic E-state index is 0.251. The van der Waals surface area contributed by atoms with Crippen LogP contribution in [0.3, 0.4) is 0 Å². The molecule has 1 N–H and O–H groups in total. The van der Waals surface area contributed by atoms with Crippen LogP contribution in [0.1, 0.15) is 24.0 Å². The maximum Gasteiger partial charge on any atom is 0.222 e. The summed E-state index contributed by atoms with van der Waals surface area (Å²) in [6, 6.07) is 15.7. The summed E-state index contributed by atoms with van der Waals surface area (Å²) in [6.07, 6.45) is 1.63.